The Labute approximate surface area is 119 Å². The lowest BCUT2D eigenvalue weighted by Gasteiger charge is -1.96. The molecule has 0 aliphatic carbocycles. The van der Waals surface area contributed by atoms with Crippen LogP contribution in [0.5, 0.6) is 0 Å². The van der Waals surface area contributed by atoms with Crippen LogP contribution in [0.15, 0.2) is 58.3 Å². The molecule has 0 saturated heterocycles. The van der Waals surface area contributed by atoms with Gasteiger partial charge in [0.1, 0.15) is 0 Å². The van der Waals surface area contributed by atoms with E-state index in [0.29, 0.717) is 16.0 Å². The van der Waals surface area contributed by atoms with Crippen molar-refractivity contribution in [2.75, 3.05) is 0 Å². The Kier molecular flexibility index (Phi) is 3.12. The highest BCUT2D eigenvalue weighted by Gasteiger charge is 2.25. The highest BCUT2D eigenvalue weighted by Crippen LogP contribution is 2.40. The molecule has 0 spiro atoms. The summed E-state index contributed by atoms with van der Waals surface area (Å²) in [6.45, 7) is 0. The number of nitro groups is 1. The molecule has 1 aliphatic rings. The van der Waals surface area contributed by atoms with Crippen molar-refractivity contribution in [1.29, 1.82) is 0 Å². The van der Waals surface area contributed by atoms with Crippen LogP contribution in [0.2, 0.25) is 0 Å². The summed E-state index contributed by atoms with van der Waals surface area (Å²) in [6.07, 6.45) is 1.69. The fourth-order valence-corrected chi connectivity index (χ4v) is 3.07. The summed E-state index contributed by atoms with van der Waals surface area (Å²) < 4.78 is 0. The van der Waals surface area contributed by atoms with E-state index in [9.17, 15) is 14.9 Å². The third kappa shape index (κ3) is 2.23. The Bertz CT molecular complexity index is 752. The van der Waals surface area contributed by atoms with Crippen LogP contribution >= 0.6 is 11.8 Å². The minimum absolute atomic E-state index is 0.0207. The second kappa shape index (κ2) is 4.94. The number of hydrogen-bond acceptors (Lipinski definition) is 4. The molecular weight excluding hydrogens is 274 g/mol. The van der Waals surface area contributed by atoms with Gasteiger partial charge < -0.3 is 0 Å². The van der Waals surface area contributed by atoms with Crippen LogP contribution in [0, 0.1) is 10.1 Å². The molecule has 5 heteroatoms. The molecule has 3 rings (SSSR count). The van der Waals surface area contributed by atoms with Crippen molar-refractivity contribution in [2.45, 2.75) is 4.90 Å². The normalized spacial score (nSPS) is 15.4. The van der Waals surface area contributed by atoms with E-state index in [1.807, 2.05) is 18.2 Å². The lowest BCUT2D eigenvalue weighted by molar-refractivity contribution is -0.384. The van der Waals surface area contributed by atoms with Crippen molar-refractivity contribution < 1.29 is 9.72 Å². The largest absolute Gasteiger partial charge is 0.288 e. The second-order valence-electron chi connectivity index (χ2n) is 4.29. The molecule has 1 heterocycles. The van der Waals surface area contributed by atoms with Gasteiger partial charge in [0.2, 0.25) is 5.78 Å². The highest BCUT2D eigenvalue weighted by atomic mass is 32.2. The molecule has 2 aromatic carbocycles. The number of nitrogens with zero attached hydrogens (tertiary/aromatic N) is 1. The number of thioether (sulfide) groups is 1. The van der Waals surface area contributed by atoms with E-state index in [0.717, 1.165) is 4.90 Å². The average Bonchev–Trinajstić information content (AvgIpc) is 2.76. The van der Waals surface area contributed by atoms with E-state index in [1.54, 1.807) is 24.3 Å². The molecule has 98 valence electrons. The summed E-state index contributed by atoms with van der Waals surface area (Å²) >= 11 is 1.40. The fourth-order valence-electron chi connectivity index (χ4n) is 2.02. The van der Waals surface area contributed by atoms with Crippen LogP contribution in [0.1, 0.15) is 15.9 Å². The Hall–Kier alpha value is -2.40. The summed E-state index contributed by atoms with van der Waals surface area (Å²) in [7, 11) is 0. The number of carbonyl (C=O) groups excluding carboxylic acids is 1. The molecule has 0 radical (unpaired) electrons. The molecule has 0 amide bonds. The van der Waals surface area contributed by atoms with Crippen molar-refractivity contribution in [3.05, 3.63) is 74.7 Å². The summed E-state index contributed by atoms with van der Waals surface area (Å²) in [5.41, 5.74) is 1.37. The molecule has 0 bridgehead atoms. The molecule has 0 aromatic heterocycles. The maximum absolute atomic E-state index is 12.2. The predicted octanol–water partition coefficient (Wildman–Crippen LogP) is 3.92. The van der Waals surface area contributed by atoms with Gasteiger partial charge >= 0.3 is 0 Å². The third-order valence-corrected chi connectivity index (χ3v) is 4.05. The predicted molar refractivity (Wildman–Crippen MR) is 77.7 cm³/mol. The smallest absolute Gasteiger partial charge is 0.270 e. The van der Waals surface area contributed by atoms with Gasteiger partial charge in [-0.1, -0.05) is 36.0 Å². The van der Waals surface area contributed by atoms with Crippen molar-refractivity contribution in [3.8, 4) is 0 Å². The van der Waals surface area contributed by atoms with Gasteiger partial charge in [-0.25, -0.2) is 0 Å². The third-order valence-electron chi connectivity index (χ3n) is 2.95. The zero-order valence-corrected chi connectivity index (χ0v) is 11.1. The van der Waals surface area contributed by atoms with Gasteiger partial charge in [0.05, 0.1) is 9.83 Å². The van der Waals surface area contributed by atoms with Crippen LogP contribution in [-0.4, -0.2) is 10.7 Å². The topological polar surface area (TPSA) is 60.2 Å². The molecule has 0 fully saturated rings. The first-order valence-corrected chi connectivity index (χ1v) is 6.74. The molecule has 0 saturated carbocycles. The summed E-state index contributed by atoms with van der Waals surface area (Å²) in [5, 5.41) is 10.7. The zero-order chi connectivity index (χ0) is 14.1. The van der Waals surface area contributed by atoms with Gasteiger partial charge in [0.15, 0.2) is 0 Å². The molecule has 1 aliphatic heterocycles. The Balaban J connectivity index is 1.97. The van der Waals surface area contributed by atoms with Crippen molar-refractivity contribution >= 4 is 29.3 Å². The molecule has 4 nitrogen and oxygen atoms in total. The number of benzene rings is 2. The summed E-state index contributed by atoms with van der Waals surface area (Å²) in [4.78, 5) is 24.0. The zero-order valence-electron chi connectivity index (χ0n) is 10.3. The maximum Gasteiger partial charge on any atom is 0.270 e. The molecule has 2 aromatic rings. The van der Waals surface area contributed by atoms with E-state index >= 15 is 0 Å². The van der Waals surface area contributed by atoms with Gasteiger partial charge in [-0.15, -0.1) is 0 Å². The lowest BCUT2D eigenvalue weighted by Crippen LogP contribution is -1.94. The maximum atomic E-state index is 12.2. The number of rotatable bonds is 2. The van der Waals surface area contributed by atoms with Crippen LogP contribution in [0.4, 0.5) is 5.69 Å². The van der Waals surface area contributed by atoms with Crippen LogP contribution in [0.25, 0.3) is 6.08 Å². The van der Waals surface area contributed by atoms with Gasteiger partial charge in [0, 0.05) is 22.6 Å². The number of carbonyl (C=O) groups is 1. The summed E-state index contributed by atoms with van der Waals surface area (Å²) in [5.74, 6) is -0.0305. The minimum Gasteiger partial charge on any atom is -0.288 e. The van der Waals surface area contributed by atoms with Gasteiger partial charge in [0.25, 0.3) is 5.69 Å². The van der Waals surface area contributed by atoms with Gasteiger partial charge in [-0.3, -0.25) is 14.9 Å². The van der Waals surface area contributed by atoms with E-state index in [4.69, 9.17) is 0 Å². The number of Topliss-reactive ketones (excluding diaryl/α,β-unsaturated/α-hetero) is 1. The number of hydrogen-bond donors (Lipinski definition) is 0. The number of non-ortho nitro benzene ring substituents is 1. The number of allylic oxidation sites excluding steroid dienone is 1. The highest BCUT2D eigenvalue weighted by molar-refractivity contribution is 8.04. The Morgan fingerprint density at radius 1 is 1.10 bits per heavy atom. The molecule has 0 atom stereocenters. The van der Waals surface area contributed by atoms with Crippen LogP contribution < -0.4 is 0 Å². The molecular formula is C15H9NO3S. The van der Waals surface area contributed by atoms with Crippen molar-refractivity contribution in [1.82, 2.24) is 0 Å². The standard InChI is InChI=1S/C15H9NO3S/c17-15-12-6-1-2-7-13(12)20-14(15)9-10-4-3-5-11(8-10)16(18)19/h1-9H/b14-9-. The minimum atomic E-state index is -0.444. The Morgan fingerprint density at radius 2 is 1.90 bits per heavy atom. The monoisotopic (exact) mass is 283 g/mol. The fraction of sp³-hybridized carbons (Fsp3) is 0. The number of nitro benzene ring substituents is 1. The van der Waals surface area contributed by atoms with Gasteiger partial charge in [-0.05, 0) is 23.8 Å². The van der Waals surface area contributed by atoms with Crippen LogP contribution in [-0.2, 0) is 0 Å². The van der Waals surface area contributed by atoms with Crippen molar-refractivity contribution in [3.63, 3.8) is 0 Å². The summed E-state index contributed by atoms with van der Waals surface area (Å²) in [6, 6.07) is 13.6. The molecule has 0 N–H and O–H groups in total. The quantitative estimate of drug-likeness (QED) is 0.476. The average molecular weight is 283 g/mol. The van der Waals surface area contributed by atoms with E-state index in [1.165, 1.54) is 23.9 Å². The first kappa shape index (κ1) is 12.6. The van der Waals surface area contributed by atoms with E-state index in [2.05, 4.69) is 0 Å². The first-order valence-electron chi connectivity index (χ1n) is 5.93. The molecule has 0 unspecified atom stereocenters. The van der Waals surface area contributed by atoms with Gasteiger partial charge in [-0.2, -0.15) is 0 Å². The number of ketones is 1. The first-order chi connectivity index (χ1) is 9.65. The SMILES string of the molecule is O=C1/C(=C/c2cccc([N+](=O)[O-])c2)Sc2ccccc21. The Morgan fingerprint density at radius 3 is 2.65 bits per heavy atom. The van der Waals surface area contributed by atoms with Crippen molar-refractivity contribution in [2.24, 2.45) is 0 Å². The van der Waals surface area contributed by atoms with E-state index in [-0.39, 0.29) is 11.5 Å². The lowest BCUT2D eigenvalue weighted by atomic mass is 10.1. The molecule has 20 heavy (non-hydrogen) atoms. The number of fused-ring (bicyclic) bond motifs is 1. The second-order valence-corrected chi connectivity index (χ2v) is 5.37. The van der Waals surface area contributed by atoms with Crippen LogP contribution in [0.3, 0.4) is 0 Å². The van der Waals surface area contributed by atoms with E-state index < -0.39 is 4.92 Å².